The van der Waals surface area contributed by atoms with Crippen molar-refractivity contribution in [2.75, 3.05) is 59.5 Å². The normalized spacial score (nSPS) is 12.1. The van der Waals surface area contributed by atoms with Crippen LogP contribution in [0.4, 0.5) is 0 Å². The topological polar surface area (TPSA) is 144 Å². The number of amides is 1. The lowest BCUT2D eigenvalue weighted by Crippen LogP contribution is -2.58. The van der Waals surface area contributed by atoms with Crippen molar-refractivity contribution in [2.45, 2.75) is 76.9 Å². The molecule has 0 radical (unpaired) electrons. The Bertz CT molecular complexity index is 477. The van der Waals surface area contributed by atoms with Crippen LogP contribution in [0, 0.1) is 0 Å². The molecule has 0 bridgehead atoms. The molecule has 0 unspecified atom stereocenters. The largest absolute Gasteiger partial charge is 0.460 e. The van der Waals surface area contributed by atoms with Crippen LogP contribution >= 0.6 is 0 Å². The Morgan fingerprint density at radius 2 is 1.12 bits per heavy atom. The molecule has 0 aliphatic rings. The zero-order valence-corrected chi connectivity index (χ0v) is 20.6. The second-order valence-electron chi connectivity index (χ2n) is 9.01. The molecule has 1 amide bonds. The van der Waals surface area contributed by atoms with Crippen molar-refractivity contribution in [2.24, 2.45) is 0 Å². The van der Waals surface area contributed by atoms with Gasteiger partial charge in [0.05, 0.1) is 19.8 Å². The molecule has 196 valence electrons. The molecule has 0 aromatic rings. The van der Waals surface area contributed by atoms with Gasteiger partial charge in [-0.1, -0.05) is 0 Å². The van der Waals surface area contributed by atoms with Gasteiger partial charge in [0.2, 0.25) is 5.91 Å². The Morgan fingerprint density at radius 1 is 0.697 bits per heavy atom. The summed E-state index contributed by atoms with van der Waals surface area (Å²) in [5.41, 5.74) is -1.49. The Kier molecular flexibility index (Phi) is 18.3. The molecule has 0 spiro atoms. The number of ether oxygens (including phenoxy) is 4. The van der Waals surface area contributed by atoms with Gasteiger partial charge in [-0.25, -0.2) is 0 Å². The highest BCUT2D eigenvalue weighted by atomic mass is 16.6. The van der Waals surface area contributed by atoms with Gasteiger partial charge in [0.1, 0.15) is 11.1 Å². The van der Waals surface area contributed by atoms with Crippen LogP contribution in [-0.4, -0.2) is 97.8 Å². The van der Waals surface area contributed by atoms with E-state index < -0.39 is 11.1 Å². The van der Waals surface area contributed by atoms with Crippen LogP contribution in [0.2, 0.25) is 0 Å². The average Bonchev–Trinajstić information content (AvgIpc) is 2.74. The predicted molar refractivity (Wildman–Crippen MR) is 123 cm³/mol. The molecule has 0 rings (SSSR count). The van der Waals surface area contributed by atoms with Gasteiger partial charge in [0.25, 0.3) is 0 Å². The number of esters is 1. The minimum absolute atomic E-state index is 0.00297. The Hall–Kier alpha value is -1.30. The number of carbonyl (C=O) groups is 2. The summed E-state index contributed by atoms with van der Waals surface area (Å²) >= 11 is 0. The molecule has 0 aromatic carbocycles. The number of hydrogen-bond acceptors (Lipinski definition) is 9. The van der Waals surface area contributed by atoms with Crippen molar-refractivity contribution in [3.05, 3.63) is 0 Å². The molecule has 0 saturated carbocycles. The summed E-state index contributed by atoms with van der Waals surface area (Å²) in [4.78, 5) is 24.5. The quantitative estimate of drug-likeness (QED) is 0.140. The first-order valence-electron chi connectivity index (χ1n) is 11.8. The van der Waals surface area contributed by atoms with Gasteiger partial charge in [0.15, 0.2) is 0 Å². The van der Waals surface area contributed by atoms with Gasteiger partial charge in [-0.15, -0.1) is 0 Å². The maximum Gasteiger partial charge on any atom is 0.306 e. The van der Waals surface area contributed by atoms with Crippen LogP contribution in [0.1, 0.15) is 65.7 Å². The number of rotatable bonds is 21. The van der Waals surface area contributed by atoms with Crippen molar-refractivity contribution in [1.29, 1.82) is 0 Å². The first-order chi connectivity index (χ1) is 15.7. The van der Waals surface area contributed by atoms with Crippen LogP contribution < -0.4 is 5.32 Å². The minimum Gasteiger partial charge on any atom is -0.460 e. The number of hydrogen-bond donors (Lipinski definition) is 4. The first-order valence-corrected chi connectivity index (χ1v) is 11.8. The van der Waals surface area contributed by atoms with Crippen molar-refractivity contribution < 1.29 is 43.9 Å². The average molecular weight is 480 g/mol. The molecule has 0 atom stereocenters. The van der Waals surface area contributed by atoms with E-state index in [9.17, 15) is 9.59 Å². The van der Waals surface area contributed by atoms with Gasteiger partial charge in [0, 0.05) is 52.5 Å². The van der Waals surface area contributed by atoms with E-state index in [2.05, 4.69) is 5.32 Å². The zero-order chi connectivity index (χ0) is 25.0. The number of carbonyl (C=O) groups excluding carboxylic acids is 2. The zero-order valence-electron chi connectivity index (χ0n) is 20.6. The number of nitrogens with one attached hydrogen (secondary N) is 1. The predicted octanol–water partition coefficient (Wildman–Crippen LogP) is 0.941. The molecule has 10 nitrogen and oxygen atoms in total. The maximum absolute atomic E-state index is 12.7. The number of unbranched alkanes of at least 4 members (excludes halogenated alkanes) is 1. The van der Waals surface area contributed by atoms with E-state index in [-0.39, 0.29) is 64.4 Å². The fraction of sp³-hybridized carbons (Fsp3) is 0.913. The van der Waals surface area contributed by atoms with Gasteiger partial charge < -0.3 is 39.6 Å². The van der Waals surface area contributed by atoms with E-state index in [0.29, 0.717) is 51.9 Å². The van der Waals surface area contributed by atoms with Gasteiger partial charge in [-0.05, 0) is 52.9 Å². The third kappa shape index (κ3) is 18.8. The molecule has 4 N–H and O–H groups in total. The van der Waals surface area contributed by atoms with Crippen molar-refractivity contribution in [3.8, 4) is 0 Å². The van der Waals surface area contributed by atoms with Gasteiger partial charge in [-0.3, -0.25) is 9.59 Å². The second kappa shape index (κ2) is 19.1. The third-order valence-electron chi connectivity index (χ3n) is 4.33. The molecule has 33 heavy (non-hydrogen) atoms. The molecule has 0 aliphatic heterocycles. The number of aliphatic hydroxyl groups excluding tert-OH is 3. The highest BCUT2D eigenvalue weighted by Crippen LogP contribution is 2.13. The fourth-order valence-electron chi connectivity index (χ4n) is 2.84. The molecule has 0 saturated heterocycles. The first kappa shape index (κ1) is 31.7. The summed E-state index contributed by atoms with van der Waals surface area (Å²) in [6, 6.07) is 0. The number of aliphatic hydroxyl groups is 3. The Balaban J connectivity index is 4.88. The van der Waals surface area contributed by atoms with E-state index in [1.165, 1.54) is 0 Å². The van der Waals surface area contributed by atoms with E-state index in [0.717, 1.165) is 0 Å². The second-order valence-corrected chi connectivity index (χ2v) is 9.01. The highest BCUT2D eigenvalue weighted by Gasteiger charge is 2.33. The van der Waals surface area contributed by atoms with Crippen LogP contribution in [0.5, 0.6) is 0 Å². The molecule has 0 fully saturated rings. The summed E-state index contributed by atoms with van der Waals surface area (Å²) in [5.74, 6) is -0.509. The van der Waals surface area contributed by atoms with Crippen LogP contribution in [0.15, 0.2) is 0 Å². The maximum atomic E-state index is 12.7. The molecule has 0 aromatic heterocycles. The lowest BCUT2D eigenvalue weighted by atomic mass is 10.0. The van der Waals surface area contributed by atoms with Crippen LogP contribution in [0.3, 0.4) is 0 Å². The van der Waals surface area contributed by atoms with Crippen molar-refractivity contribution in [3.63, 3.8) is 0 Å². The monoisotopic (exact) mass is 479 g/mol. The highest BCUT2D eigenvalue weighted by molar-refractivity contribution is 5.77. The van der Waals surface area contributed by atoms with Crippen molar-refractivity contribution in [1.82, 2.24) is 5.32 Å². The lowest BCUT2D eigenvalue weighted by molar-refractivity contribution is -0.155. The van der Waals surface area contributed by atoms with E-state index in [1.54, 1.807) is 0 Å². The smallest absolute Gasteiger partial charge is 0.306 e. The van der Waals surface area contributed by atoms with Gasteiger partial charge in [-0.2, -0.15) is 0 Å². The standard InChI is InChI=1S/C23H45NO9/c1-22(2,3)33-21(29)10-5-4-9-20(28)24-23(17-30-14-6-11-25,18-31-15-7-12-26)19-32-16-8-13-27/h25-27H,4-19H2,1-3H3,(H,24,28). The van der Waals surface area contributed by atoms with E-state index in [4.69, 9.17) is 34.3 Å². The summed E-state index contributed by atoms with van der Waals surface area (Å²) in [6.45, 7) is 6.74. The molecule has 0 heterocycles. The van der Waals surface area contributed by atoms with E-state index >= 15 is 0 Å². The Labute approximate surface area is 197 Å². The lowest BCUT2D eigenvalue weighted by Gasteiger charge is -2.34. The Morgan fingerprint density at radius 3 is 1.52 bits per heavy atom. The minimum atomic E-state index is -0.956. The third-order valence-corrected chi connectivity index (χ3v) is 4.33. The molecular weight excluding hydrogens is 434 g/mol. The van der Waals surface area contributed by atoms with Gasteiger partial charge >= 0.3 is 5.97 Å². The SMILES string of the molecule is CC(C)(C)OC(=O)CCCCC(=O)NC(COCCCO)(COCCCO)COCCCO. The molecular formula is C23H45NO9. The van der Waals surface area contributed by atoms with E-state index in [1.807, 2.05) is 20.8 Å². The van der Waals surface area contributed by atoms with Crippen LogP contribution in [-0.2, 0) is 28.5 Å². The molecule has 10 heteroatoms. The summed E-state index contributed by atoms with van der Waals surface area (Å²) in [7, 11) is 0. The van der Waals surface area contributed by atoms with Crippen molar-refractivity contribution >= 4 is 11.9 Å². The summed E-state index contributed by atoms with van der Waals surface area (Å²) in [6.07, 6.45) is 2.90. The van der Waals surface area contributed by atoms with Crippen LogP contribution in [0.25, 0.3) is 0 Å². The summed E-state index contributed by atoms with van der Waals surface area (Å²) in [5, 5.41) is 29.9. The fourth-order valence-corrected chi connectivity index (χ4v) is 2.84. The molecule has 0 aliphatic carbocycles. The summed E-state index contributed by atoms with van der Waals surface area (Å²) < 4.78 is 22.3.